The molecule has 8 heteroatoms. The molecule has 2 fully saturated rings. The van der Waals surface area contributed by atoms with E-state index in [2.05, 4.69) is 4.90 Å². The highest BCUT2D eigenvalue weighted by Gasteiger charge is 2.38. The molecular formula is C11H19ClN2O4S. The number of rotatable bonds is 4. The molecule has 2 rings (SSSR count). The van der Waals surface area contributed by atoms with Gasteiger partial charge in [-0.25, -0.2) is 8.42 Å². The Morgan fingerprint density at radius 2 is 2.05 bits per heavy atom. The highest BCUT2D eigenvalue weighted by atomic mass is 35.7. The minimum Gasteiger partial charge on any atom is -0.379 e. The van der Waals surface area contributed by atoms with Crippen LogP contribution in [0.2, 0.25) is 0 Å². The topological polar surface area (TPSA) is 66.9 Å². The molecule has 0 N–H and O–H groups in total. The van der Waals surface area contributed by atoms with E-state index in [1.807, 2.05) is 6.92 Å². The van der Waals surface area contributed by atoms with E-state index in [0.29, 0.717) is 19.8 Å². The van der Waals surface area contributed by atoms with Gasteiger partial charge < -0.3 is 9.64 Å². The van der Waals surface area contributed by atoms with Gasteiger partial charge in [-0.3, -0.25) is 9.69 Å². The minimum atomic E-state index is -3.65. The third-order valence-electron chi connectivity index (χ3n) is 3.73. The summed E-state index contributed by atoms with van der Waals surface area (Å²) in [7, 11) is 1.67. The molecule has 2 heterocycles. The maximum absolute atomic E-state index is 11.8. The van der Waals surface area contributed by atoms with Gasteiger partial charge in [0.05, 0.1) is 13.2 Å². The molecule has 0 aromatic carbocycles. The molecule has 0 saturated carbocycles. The van der Waals surface area contributed by atoms with Crippen LogP contribution in [0.3, 0.4) is 0 Å². The summed E-state index contributed by atoms with van der Waals surface area (Å²) in [4.78, 5) is 15.7. The van der Waals surface area contributed by atoms with Crippen molar-refractivity contribution in [3.63, 3.8) is 0 Å². The molecular weight excluding hydrogens is 292 g/mol. The van der Waals surface area contributed by atoms with Gasteiger partial charge in [-0.1, -0.05) is 0 Å². The lowest BCUT2D eigenvalue weighted by Gasteiger charge is -2.34. The second-order valence-electron chi connectivity index (χ2n) is 5.10. The molecule has 110 valence electrons. The zero-order chi connectivity index (χ0) is 14.0. The molecule has 0 radical (unpaired) electrons. The first-order chi connectivity index (χ1) is 8.88. The zero-order valence-electron chi connectivity index (χ0n) is 10.9. The first-order valence-corrected chi connectivity index (χ1v) is 8.78. The fourth-order valence-corrected chi connectivity index (χ4v) is 3.61. The summed E-state index contributed by atoms with van der Waals surface area (Å²) in [5, 5.41) is -0.765. The van der Waals surface area contributed by atoms with Crippen molar-refractivity contribution in [2.75, 3.05) is 39.4 Å². The van der Waals surface area contributed by atoms with Gasteiger partial charge in [0.25, 0.3) is 0 Å². The quantitative estimate of drug-likeness (QED) is 0.677. The highest BCUT2D eigenvalue weighted by molar-refractivity contribution is 8.14. The van der Waals surface area contributed by atoms with Gasteiger partial charge in [-0.05, 0) is 6.92 Å². The van der Waals surface area contributed by atoms with Crippen LogP contribution in [-0.2, 0) is 18.6 Å². The van der Waals surface area contributed by atoms with Gasteiger partial charge in [0.15, 0.2) is 0 Å². The Bertz CT molecular complexity index is 436. The maximum atomic E-state index is 11.8. The third-order valence-corrected chi connectivity index (χ3v) is 5.60. The van der Waals surface area contributed by atoms with Gasteiger partial charge >= 0.3 is 0 Å². The number of hydrogen-bond donors (Lipinski definition) is 0. The van der Waals surface area contributed by atoms with Crippen molar-refractivity contribution >= 4 is 25.6 Å². The van der Waals surface area contributed by atoms with E-state index in [0.717, 1.165) is 13.1 Å². The van der Waals surface area contributed by atoms with Crippen molar-refractivity contribution in [2.24, 2.45) is 0 Å². The Hall–Kier alpha value is -0.370. The summed E-state index contributed by atoms with van der Waals surface area (Å²) in [6.45, 7) is 5.90. The average molecular weight is 311 g/mol. The molecule has 1 amide bonds. The van der Waals surface area contributed by atoms with Crippen LogP contribution < -0.4 is 0 Å². The van der Waals surface area contributed by atoms with Crippen LogP contribution in [0.1, 0.15) is 13.3 Å². The van der Waals surface area contributed by atoms with Crippen molar-refractivity contribution in [3.8, 4) is 0 Å². The van der Waals surface area contributed by atoms with Crippen molar-refractivity contribution < 1.29 is 17.9 Å². The first-order valence-electron chi connectivity index (χ1n) is 6.41. The van der Waals surface area contributed by atoms with Gasteiger partial charge in [0.2, 0.25) is 15.0 Å². The number of likely N-dealkylation sites (tertiary alicyclic amines) is 1. The van der Waals surface area contributed by atoms with Crippen LogP contribution in [0.25, 0.3) is 0 Å². The van der Waals surface area contributed by atoms with E-state index < -0.39 is 14.3 Å². The Labute approximate surface area is 118 Å². The summed E-state index contributed by atoms with van der Waals surface area (Å²) in [5.74, 6) is -0.130. The van der Waals surface area contributed by atoms with Gasteiger partial charge in [-0.15, -0.1) is 0 Å². The van der Waals surface area contributed by atoms with E-state index in [1.54, 1.807) is 4.90 Å². The number of amides is 1. The lowest BCUT2D eigenvalue weighted by Crippen LogP contribution is -2.47. The largest absolute Gasteiger partial charge is 0.379 e. The molecule has 0 aromatic rings. The van der Waals surface area contributed by atoms with Gasteiger partial charge in [0.1, 0.15) is 5.25 Å². The minimum absolute atomic E-state index is 0.00165. The molecule has 2 aliphatic heterocycles. The number of carbonyl (C=O) groups is 1. The lowest BCUT2D eigenvalue weighted by atomic mass is 10.2. The Kier molecular flexibility index (Phi) is 4.70. The number of morpholine rings is 1. The number of halogens is 1. The predicted octanol–water partition coefficient (Wildman–Crippen LogP) is -0.123. The van der Waals surface area contributed by atoms with Gasteiger partial charge in [0, 0.05) is 49.3 Å². The monoisotopic (exact) mass is 310 g/mol. The van der Waals surface area contributed by atoms with E-state index in [1.165, 1.54) is 0 Å². The fraction of sp³-hybridized carbons (Fsp3) is 0.909. The number of nitrogens with zero attached hydrogens (tertiary/aromatic N) is 2. The molecule has 0 spiro atoms. The molecule has 2 aliphatic rings. The maximum Gasteiger partial charge on any atom is 0.237 e. The van der Waals surface area contributed by atoms with Crippen molar-refractivity contribution in [3.05, 3.63) is 0 Å². The molecule has 0 aromatic heterocycles. The fourth-order valence-electron chi connectivity index (χ4n) is 2.55. The van der Waals surface area contributed by atoms with E-state index in [9.17, 15) is 13.2 Å². The zero-order valence-corrected chi connectivity index (χ0v) is 12.5. The third kappa shape index (κ3) is 3.81. The second kappa shape index (κ2) is 5.95. The molecule has 6 nitrogen and oxygen atoms in total. The van der Waals surface area contributed by atoms with Crippen LogP contribution >= 0.6 is 10.7 Å². The molecule has 0 aliphatic carbocycles. The summed E-state index contributed by atoms with van der Waals surface area (Å²) >= 11 is 0. The molecule has 2 atom stereocenters. The summed E-state index contributed by atoms with van der Waals surface area (Å²) < 4.78 is 27.8. The number of hydrogen-bond acceptors (Lipinski definition) is 5. The first kappa shape index (κ1) is 15.0. The lowest BCUT2D eigenvalue weighted by molar-refractivity contribution is -0.128. The van der Waals surface area contributed by atoms with Gasteiger partial charge in [-0.2, -0.15) is 0 Å². The predicted molar refractivity (Wildman–Crippen MR) is 71.6 cm³/mol. The highest BCUT2D eigenvalue weighted by Crippen LogP contribution is 2.22. The molecule has 0 bridgehead atoms. The Morgan fingerprint density at radius 3 is 2.58 bits per heavy atom. The van der Waals surface area contributed by atoms with Crippen molar-refractivity contribution in [1.29, 1.82) is 0 Å². The van der Waals surface area contributed by atoms with Crippen LogP contribution in [0, 0.1) is 0 Å². The Balaban J connectivity index is 1.90. The molecule has 2 unspecified atom stereocenters. The summed E-state index contributed by atoms with van der Waals surface area (Å²) in [6, 6.07) is 0.199. The van der Waals surface area contributed by atoms with Crippen LogP contribution in [-0.4, -0.2) is 74.8 Å². The van der Waals surface area contributed by atoms with Crippen LogP contribution in [0.5, 0.6) is 0 Å². The summed E-state index contributed by atoms with van der Waals surface area (Å²) in [6.07, 6.45) is 0.00165. The van der Waals surface area contributed by atoms with E-state index >= 15 is 0 Å². The second-order valence-corrected chi connectivity index (χ2v) is 8.01. The molecule has 2 saturated heterocycles. The average Bonchev–Trinajstić information content (AvgIpc) is 2.72. The number of ether oxygens (including phenoxy) is 1. The van der Waals surface area contributed by atoms with E-state index in [4.69, 9.17) is 15.4 Å². The molecule has 19 heavy (non-hydrogen) atoms. The number of carbonyl (C=O) groups excluding carboxylic acids is 1. The van der Waals surface area contributed by atoms with Crippen LogP contribution in [0.4, 0.5) is 0 Å². The van der Waals surface area contributed by atoms with Crippen molar-refractivity contribution in [1.82, 2.24) is 9.80 Å². The van der Waals surface area contributed by atoms with Crippen LogP contribution in [0.15, 0.2) is 0 Å². The SMILES string of the molecule is CC(CN1CC(S(=O)(=O)Cl)CC1=O)N1CCOCC1. The smallest absolute Gasteiger partial charge is 0.237 e. The standard InChI is InChI=1S/C11H19ClN2O4S/c1-9(13-2-4-18-5-3-13)7-14-8-10(6-11(14)15)19(12,16)17/h9-10H,2-8H2,1H3. The Morgan fingerprint density at radius 1 is 1.42 bits per heavy atom. The summed E-state index contributed by atoms with van der Waals surface area (Å²) in [5.41, 5.74) is 0. The van der Waals surface area contributed by atoms with E-state index in [-0.39, 0.29) is 24.9 Å². The normalized spacial score (nSPS) is 27.8. The van der Waals surface area contributed by atoms with Crippen molar-refractivity contribution in [2.45, 2.75) is 24.6 Å².